The van der Waals surface area contributed by atoms with Crippen LogP contribution in [0.3, 0.4) is 0 Å². The summed E-state index contributed by atoms with van der Waals surface area (Å²) in [5.74, 6) is 0.765. The lowest BCUT2D eigenvalue weighted by Gasteiger charge is -2.10. The highest BCUT2D eigenvalue weighted by molar-refractivity contribution is 5.92. The SMILES string of the molecule is CCOc1nc(NC(=O)Cc2cccc(OC)c2)cc(N)c1C#N. The second-order valence-electron chi connectivity index (χ2n) is 4.90. The Balaban J connectivity index is 2.15. The highest BCUT2D eigenvalue weighted by Gasteiger charge is 2.13. The number of carbonyl (C=O) groups is 1. The number of nitrogens with zero attached hydrogens (tertiary/aromatic N) is 2. The zero-order valence-electron chi connectivity index (χ0n) is 13.5. The molecule has 0 unspecified atom stereocenters. The molecule has 1 heterocycles. The zero-order valence-corrected chi connectivity index (χ0v) is 13.5. The van der Waals surface area contributed by atoms with E-state index in [4.69, 9.17) is 20.5 Å². The Labute approximate surface area is 140 Å². The van der Waals surface area contributed by atoms with Crippen molar-refractivity contribution in [1.29, 1.82) is 5.26 Å². The molecule has 0 bridgehead atoms. The maximum atomic E-state index is 12.2. The van der Waals surface area contributed by atoms with Crippen molar-refractivity contribution < 1.29 is 14.3 Å². The lowest BCUT2D eigenvalue weighted by molar-refractivity contribution is -0.115. The molecule has 1 aromatic heterocycles. The number of pyridine rings is 1. The van der Waals surface area contributed by atoms with Gasteiger partial charge in [-0.1, -0.05) is 12.1 Å². The molecule has 7 heteroatoms. The summed E-state index contributed by atoms with van der Waals surface area (Å²) in [5.41, 5.74) is 6.98. The summed E-state index contributed by atoms with van der Waals surface area (Å²) in [6.45, 7) is 2.11. The summed E-state index contributed by atoms with van der Waals surface area (Å²) in [4.78, 5) is 16.3. The molecular formula is C17H18N4O3. The van der Waals surface area contributed by atoms with Gasteiger partial charge in [0.1, 0.15) is 23.2 Å². The molecule has 0 saturated carbocycles. The van der Waals surface area contributed by atoms with Gasteiger partial charge in [0.05, 0.1) is 25.8 Å². The molecule has 0 aliphatic rings. The van der Waals surface area contributed by atoms with E-state index in [9.17, 15) is 4.79 Å². The maximum Gasteiger partial charge on any atom is 0.235 e. The molecule has 2 rings (SSSR count). The quantitative estimate of drug-likeness (QED) is 0.841. The molecule has 0 aliphatic heterocycles. The molecule has 124 valence electrons. The zero-order chi connectivity index (χ0) is 17.5. The number of carbonyl (C=O) groups excluding carboxylic acids is 1. The third-order valence-electron chi connectivity index (χ3n) is 3.18. The van der Waals surface area contributed by atoms with E-state index in [1.54, 1.807) is 26.2 Å². The minimum absolute atomic E-state index is 0.108. The first-order valence-electron chi connectivity index (χ1n) is 7.33. The van der Waals surface area contributed by atoms with Gasteiger partial charge >= 0.3 is 0 Å². The molecule has 0 radical (unpaired) electrons. The number of amides is 1. The van der Waals surface area contributed by atoms with E-state index in [0.717, 1.165) is 5.56 Å². The number of nitriles is 1. The van der Waals surface area contributed by atoms with Gasteiger partial charge in [-0.25, -0.2) is 0 Å². The van der Waals surface area contributed by atoms with Crippen molar-refractivity contribution in [3.8, 4) is 17.7 Å². The molecule has 0 aliphatic carbocycles. The fourth-order valence-electron chi connectivity index (χ4n) is 2.11. The van der Waals surface area contributed by atoms with Crippen LogP contribution in [-0.4, -0.2) is 24.6 Å². The monoisotopic (exact) mass is 326 g/mol. The van der Waals surface area contributed by atoms with Crippen molar-refractivity contribution in [3.63, 3.8) is 0 Å². The van der Waals surface area contributed by atoms with Crippen LogP contribution in [0.1, 0.15) is 18.1 Å². The Kier molecular flexibility index (Phi) is 5.58. The van der Waals surface area contributed by atoms with E-state index in [-0.39, 0.29) is 35.3 Å². The third kappa shape index (κ3) is 4.14. The number of hydrogen-bond acceptors (Lipinski definition) is 6. The summed E-state index contributed by atoms with van der Waals surface area (Å²) in [7, 11) is 1.57. The predicted octanol–water partition coefficient (Wildman–Crippen LogP) is 2.12. The molecule has 0 saturated heterocycles. The number of methoxy groups -OCH3 is 1. The van der Waals surface area contributed by atoms with Gasteiger partial charge in [-0.15, -0.1) is 0 Å². The average molecular weight is 326 g/mol. The van der Waals surface area contributed by atoms with Gasteiger partial charge in [0.25, 0.3) is 0 Å². The first kappa shape index (κ1) is 17.1. The van der Waals surface area contributed by atoms with Crippen LogP contribution in [0.4, 0.5) is 11.5 Å². The number of rotatable bonds is 6. The van der Waals surface area contributed by atoms with Crippen LogP contribution < -0.4 is 20.5 Å². The minimum Gasteiger partial charge on any atom is -0.497 e. The van der Waals surface area contributed by atoms with Gasteiger partial charge in [-0.3, -0.25) is 4.79 Å². The summed E-state index contributed by atoms with van der Waals surface area (Å²) < 4.78 is 10.4. The number of aromatic nitrogens is 1. The number of benzene rings is 1. The predicted molar refractivity (Wildman–Crippen MR) is 89.9 cm³/mol. The molecule has 2 aromatic rings. The molecule has 7 nitrogen and oxygen atoms in total. The highest BCUT2D eigenvalue weighted by Crippen LogP contribution is 2.25. The van der Waals surface area contributed by atoms with Gasteiger partial charge in [0.2, 0.25) is 11.8 Å². The normalized spacial score (nSPS) is 9.88. The number of hydrogen-bond donors (Lipinski definition) is 2. The van der Waals surface area contributed by atoms with Crippen molar-refractivity contribution in [2.45, 2.75) is 13.3 Å². The summed E-state index contributed by atoms with van der Waals surface area (Å²) in [6.07, 6.45) is 0.156. The van der Waals surface area contributed by atoms with Crippen LogP contribution in [0.25, 0.3) is 0 Å². The first-order chi connectivity index (χ1) is 11.6. The summed E-state index contributed by atoms with van der Waals surface area (Å²) >= 11 is 0. The van der Waals surface area contributed by atoms with Crippen LogP contribution in [0.5, 0.6) is 11.6 Å². The number of nitrogens with one attached hydrogen (secondary N) is 1. The van der Waals surface area contributed by atoms with Crippen molar-refractivity contribution in [2.75, 3.05) is 24.8 Å². The number of ether oxygens (including phenoxy) is 2. The van der Waals surface area contributed by atoms with Gasteiger partial charge in [-0.2, -0.15) is 10.2 Å². The second-order valence-corrected chi connectivity index (χ2v) is 4.90. The molecule has 1 amide bonds. The van der Waals surface area contributed by atoms with E-state index >= 15 is 0 Å². The molecular weight excluding hydrogens is 308 g/mol. The Hall–Kier alpha value is -3.27. The minimum atomic E-state index is -0.262. The van der Waals surface area contributed by atoms with Crippen molar-refractivity contribution in [1.82, 2.24) is 4.98 Å². The Morgan fingerprint density at radius 1 is 1.42 bits per heavy atom. The smallest absolute Gasteiger partial charge is 0.235 e. The second kappa shape index (κ2) is 7.83. The lowest BCUT2D eigenvalue weighted by atomic mass is 10.1. The largest absolute Gasteiger partial charge is 0.497 e. The van der Waals surface area contributed by atoms with Crippen molar-refractivity contribution in [2.24, 2.45) is 0 Å². The molecule has 3 N–H and O–H groups in total. The van der Waals surface area contributed by atoms with E-state index in [2.05, 4.69) is 10.3 Å². The van der Waals surface area contributed by atoms with E-state index in [0.29, 0.717) is 12.4 Å². The van der Waals surface area contributed by atoms with Crippen LogP contribution in [0, 0.1) is 11.3 Å². The fraction of sp³-hybridized carbons (Fsp3) is 0.235. The van der Waals surface area contributed by atoms with Crippen molar-refractivity contribution >= 4 is 17.4 Å². The number of anilines is 2. The lowest BCUT2D eigenvalue weighted by Crippen LogP contribution is -2.16. The van der Waals surface area contributed by atoms with Gasteiger partial charge in [-0.05, 0) is 24.6 Å². The average Bonchev–Trinajstić information content (AvgIpc) is 2.55. The molecule has 0 spiro atoms. The third-order valence-corrected chi connectivity index (χ3v) is 3.18. The standard InChI is InChI=1S/C17H18N4O3/c1-3-24-17-13(10-18)14(19)9-15(21-17)20-16(22)8-11-5-4-6-12(7-11)23-2/h4-7,9H,3,8H2,1-2H3,(H3,19,20,21,22). The highest BCUT2D eigenvalue weighted by atomic mass is 16.5. The Bertz CT molecular complexity index is 784. The molecule has 1 aromatic carbocycles. The maximum absolute atomic E-state index is 12.2. The number of nitrogens with two attached hydrogens (primary N) is 1. The van der Waals surface area contributed by atoms with Gasteiger partial charge in [0.15, 0.2) is 0 Å². The van der Waals surface area contributed by atoms with Crippen LogP contribution in [0.2, 0.25) is 0 Å². The fourth-order valence-corrected chi connectivity index (χ4v) is 2.11. The van der Waals surface area contributed by atoms with Gasteiger partial charge in [0, 0.05) is 6.07 Å². The number of nitrogen functional groups attached to an aromatic ring is 1. The topological polar surface area (TPSA) is 110 Å². The molecule has 0 atom stereocenters. The van der Waals surface area contributed by atoms with Gasteiger partial charge < -0.3 is 20.5 Å². The Morgan fingerprint density at radius 2 is 2.21 bits per heavy atom. The summed E-state index contributed by atoms with van der Waals surface area (Å²) in [5, 5.41) is 11.8. The summed E-state index contributed by atoms with van der Waals surface area (Å²) in [6, 6.07) is 10.6. The van der Waals surface area contributed by atoms with Crippen LogP contribution >= 0.6 is 0 Å². The van der Waals surface area contributed by atoms with Crippen LogP contribution in [-0.2, 0) is 11.2 Å². The van der Waals surface area contributed by atoms with Crippen LogP contribution in [0.15, 0.2) is 30.3 Å². The first-order valence-corrected chi connectivity index (χ1v) is 7.33. The Morgan fingerprint density at radius 3 is 2.88 bits per heavy atom. The van der Waals surface area contributed by atoms with Crippen molar-refractivity contribution in [3.05, 3.63) is 41.5 Å². The van der Waals surface area contributed by atoms with E-state index in [1.807, 2.05) is 18.2 Å². The van der Waals surface area contributed by atoms with E-state index in [1.165, 1.54) is 6.07 Å². The van der Waals surface area contributed by atoms with E-state index < -0.39 is 0 Å². The molecule has 24 heavy (non-hydrogen) atoms. The molecule has 0 fully saturated rings.